The van der Waals surface area contributed by atoms with E-state index in [2.05, 4.69) is 15.4 Å². The number of phenolic OH excluding ortho intramolecular Hbond substituents is 1. The monoisotopic (exact) mass is 398 g/mol. The highest BCUT2D eigenvalue weighted by molar-refractivity contribution is 6.08. The van der Waals surface area contributed by atoms with Crippen molar-refractivity contribution in [1.82, 2.24) is 14.6 Å². The van der Waals surface area contributed by atoms with Crippen LogP contribution in [0.5, 0.6) is 5.75 Å². The molecule has 0 saturated carbocycles. The highest BCUT2D eigenvalue weighted by Gasteiger charge is 2.36. The van der Waals surface area contributed by atoms with Crippen molar-refractivity contribution < 1.29 is 23.1 Å². The van der Waals surface area contributed by atoms with Crippen LogP contribution >= 0.6 is 0 Å². The summed E-state index contributed by atoms with van der Waals surface area (Å²) < 4.78 is 41.4. The van der Waals surface area contributed by atoms with Gasteiger partial charge in [0.1, 0.15) is 11.3 Å². The topological polar surface area (TPSA) is 79.5 Å². The summed E-state index contributed by atoms with van der Waals surface area (Å²) in [6.45, 7) is 0. The van der Waals surface area contributed by atoms with Crippen LogP contribution in [0.15, 0.2) is 66.9 Å². The van der Waals surface area contributed by atoms with Crippen LogP contribution in [-0.2, 0) is 6.18 Å². The van der Waals surface area contributed by atoms with Crippen molar-refractivity contribution in [2.75, 3.05) is 5.32 Å². The zero-order valence-corrected chi connectivity index (χ0v) is 14.7. The minimum absolute atomic E-state index is 0.0634. The molecule has 146 valence electrons. The standard InChI is InChI=1S/C20H13F3N4O2/c21-20(22,23)17-10-16(12-5-2-1-3-6-12)26-18-15(11-24-27(17)18)19(29)25-13-7-4-8-14(28)9-13/h1-11,28H,(H,25,29). The first-order chi connectivity index (χ1) is 13.8. The van der Waals surface area contributed by atoms with Gasteiger partial charge in [-0.3, -0.25) is 4.79 Å². The van der Waals surface area contributed by atoms with E-state index in [4.69, 9.17) is 0 Å². The lowest BCUT2D eigenvalue weighted by Gasteiger charge is -2.11. The van der Waals surface area contributed by atoms with Crippen molar-refractivity contribution in [1.29, 1.82) is 0 Å². The summed E-state index contributed by atoms with van der Waals surface area (Å²) in [4.78, 5) is 16.9. The molecular weight excluding hydrogens is 385 g/mol. The first kappa shape index (κ1) is 18.5. The van der Waals surface area contributed by atoms with Crippen LogP contribution in [0.3, 0.4) is 0 Å². The zero-order valence-electron chi connectivity index (χ0n) is 14.7. The van der Waals surface area contributed by atoms with Crippen molar-refractivity contribution in [2.45, 2.75) is 6.18 Å². The van der Waals surface area contributed by atoms with Crippen molar-refractivity contribution in [3.05, 3.63) is 78.1 Å². The molecule has 2 aromatic carbocycles. The Kier molecular flexibility index (Phi) is 4.42. The number of rotatable bonds is 3. The number of anilines is 1. The van der Waals surface area contributed by atoms with Crippen LogP contribution in [0, 0.1) is 0 Å². The molecule has 0 fully saturated rings. The van der Waals surface area contributed by atoms with Crippen LogP contribution < -0.4 is 5.32 Å². The number of hydrogen-bond acceptors (Lipinski definition) is 4. The van der Waals surface area contributed by atoms with Gasteiger partial charge in [-0.2, -0.15) is 18.3 Å². The molecule has 29 heavy (non-hydrogen) atoms. The number of nitrogens with one attached hydrogen (secondary N) is 1. The molecule has 2 N–H and O–H groups in total. The Labute approximate surface area is 162 Å². The molecule has 0 unspecified atom stereocenters. The third-order valence-electron chi connectivity index (χ3n) is 4.18. The normalized spacial score (nSPS) is 11.6. The number of nitrogens with zero attached hydrogens (tertiary/aromatic N) is 3. The Hall–Kier alpha value is -3.88. The number of halogens is 3. The van der Waals surface area contributed by atoms with E-state index < -0.39 is 17.8 Å². The summed E-state index contributed by atoms with van der Waals surface area (Å²) in [5, 5.41) is 15.8. The summed E-state index contributed by atoms with van der Waals surface area (Å²) in [6.07, 6.45) is -3.67. The molecule has 4 rings (SSSR count). The van der Waals surface area contributed by atoms with Gasteiger partial charge in [-0.1, -0.05) is 36.4 Å². The number of carbonyl (C=O) groups excluding carboxylic acids is 1. The van der Waals surface area contributed by atoms with Crippen LogP contribution in [0.25, 0.3) is 16.9 Å². The van der Waals surface area contributed by atoms with E-state index in [9.17, 15) is 23.1 Å². The molecule has 9 heteroatoms. The molecule has 0 aliphatic carbocycles. The van der Waals surface area contributed by atoms with Gasteiger partial charge in [0.2, 0.25) is 0 Å². The third-order valence-corrected chi connectivity index (χ3v) is 4.18. The van der Waals surface area contributed by atoms with Gasteiger partial charge in [-0.15, -0.1) is 0 Å². The van der Waals surface area contributed by atoms with Gasteiger partial charge in [0.05, 0.1) is 11.9 Å². The predicted octanol–water partition coefficient (Wildman–Crippen LogP) is 4.37. The minimum Gasteiger partial charge on any atom is -0.508 e. The van der Waals surface area contributed by atoms with E-state index in [1.165, 1.54) is 24.3 Å². The largest absolute Gasteiger partial charge is 0.508 e. The number of carbonyl (C=O) groups is 1. The van der Waals surface area contributed by atoms with Crippen molar-refractivity contribution >= 4 is 17.2 Å². The maximum absolute atomic E-state index is 13.6. The number of hydrogen-bond donors (Lipinski definition) is 2. The maximum Gasteiger partial charge on any atom is 0.433 e. The fraction of sp³-hybridized carbons (Fsp3) is 0.0500. The number of amides is 1. The average Bonchev–Trinajstić information content (AvgIpc) is 3.11. The van der Waals surface area contributed by atoms with E-state index in [0.717, 1.165) is 12.3 Å². The molecule has 2 heterocycles. The highest BCUT2D eigenvalue weighted by atomic mass is 19.4. The fourth-order valence-corrected chi connectivity index (χ4v) is 2.86. The van der Waals surface area contributed by atoms with E-state index in [1.807, 2.05) is 0 Å². The second kappa shape index (κ2) is 6.93. The van der Waals surface area contributed by atoms with E-state index in [0.29, 0.717) is 10.1 Å². The third kappa shape index (κ3) is 3.62. The first-order valence-electron chi connectivity index (χ1n) is 8.45. The Morgan fingerprint density at radius 1 is 1.03 bits per heavy atom. The summed E-state index contributed by atoms with van der Waals surface area (Å²) >= 11 is 0. The second-order valence-corrected chi connectivity index (χ2v) is 6.19. The van der Waals surface area contributed by atoms with Crippen LogP contribution in [0.1, 0.15) is 16.1 Å². The quantitative estimate of drug-likeness (QED) is 0.537. The van der Waals surface area contributed by atoms with Crippen molar-refractivity contribution in [3.8, 4) is 17.0 Å². The lowest BCUT2D eigenvalue weighted by atomic mass is 10.1. The smallest absolute Gasteiger partial charge is 0.433 e. The van der Waals surface area contributed by atoms with Crippen LogP contribution in [0.2, 0.25) is 0 Å². The van der Waals surface area contributed by atoms with Gasteiger partial charge >= 0.3 is 6.18 Å². The minimum atomic E-state index is -4.70. The van der Waals surface area contributed by atoms with Gasteiger partial charge in [-0.25, -0.2) is 9.50 Å². The Morgan fingerprint density at radius 2 is 1.79 bits per heavy atom. The summed E-state index contributed by atoms with van der Waals surface area (Å²) in [5.41, 5.74) is -0.575. The Morgan fingerprint density at radius 3 is 2.48 bits per heavy atom. The number of aromatic nitrogens is 3. The highest BCUT2D eigenvalue weighted by Crippen LogP contribution is 2.32. The number of aromatic hydroxyl groups is 1. The molecule has 0 bridgehead atoms. The average molecular weight is 398 g/mol. The number of alkyl halides is 3. The molecular formula is C20H13F3N4O2. The molecule has 0 aliphatic heterocycles. The van der Waals surface area contributed by atoms with Gasteiger partial charge in [-0.05, 0) is 18.2 Å². The predicted molar refractivity (Wildman–Crippen MR) is 99.5 cm³/mol. The molecule has 4 aromatic rings. The second-order valence-electron chi connectivity index (χ2n) is 6.19. The van der Waals surface area contributed by atoms with Gasteiger partial charge in [0, 0.05) is 17.3 Å². The first-order valence-corrected chi connectivity index (χ1v) is 8.45. The molecule has 0 saturated heterocycles. The summed E-state index contributed by atoms with van der Waals surface area (Å²) in [7, 11) is 0. The Bertz CT molecular complexity index is 1200. The molecule has 0 radical (unpaired) electrons. The van der Waals surface area contributed by atoms with Gasteiger partial charge < -0.3 is 10.4 Å². The van der Waals surface area contributed by atoms with Crippen LogP contribution in [-0.4, -0.2) is 25.6 Å². The lowest BCUT2D eigenvalue weighted by Crippen LogP contribution is -2.15. The molecule has 0 aliphatic rings. The summed E-state index contributed by atoms with van der Waals surface area (Å²) in [5.74, 6) is -0.761. The molecule has 6 nitrogen and oxygen atoms in total. The van der Waals surface area contributed by atoms with E-state index >= 15 is 0 Å². The number of fused-ring (bicyclic) bond motifs is 1. The molecule has 2 aromatic heterocycles. The maximum atomic E-state index is 13.6. The van der Waals surface area contributed by atoms with Gasteiger partial charge in [0.25, 0.3) is 5.91 Å². The lowest BCUT2D eigenvalue weighted by molar-refractivity contribution is -0.142. The zero-order chi connectivity index (χ0) is 20.6. The molecule has 0 atom stereocenters. The van der Waals surface area contributed by atoms with E-state index in [1.54, 1.807) is 30.3 Å². The summed E-state index contributed by atoms with van der Waals surface area (Å²) in [6, 6.07) is 15.0. The SMILES string of the molecule is O=C(Nc1cccc(O)c1)c1cnn2c(C(F)(F)F)cc(-c3ccccc3)nc12. The van der Waals surface area contributed by atoms with Crippen molar-refractivity contribution in [2.24, 2.45) is 0 Å². The van der Waals surface area contributed by atoms with Crippen LogP contribution in [0.4, 0.5) is 18.9 Å². The number of phenols is 1. The van der Waals surface area contributed by atoms with Crippen molar-refractivity contribution in [3.63, 3.8) is 0 Å². The molecule has 0 spiro atoms. The van der Waals surface area contributed by atoms with E-state index in [-0.39, 0.29) is 28.3 Å². The molecule has 1 amide bonds. The fourth-order valence-electron chi connectivity index (χ4n) is 2.86. The number of benzene rings is 2. The Balaban J connectivity index is 1.84. The van der Waals surface area contributed by atoms with Gasteiger partial charge in [0.15, 0.2) is 11.3 Å².